The summed E-state index contributed by atoms with van der Waals surface area (Å²) in [6.45, 7) is 3.72. The SMILES string of the molecule is Cc1cnc2[nH]c(C(N)C(=O)O)c(C)n12. The molecule has 0 aromatic carbocycles. The minimum Gasteiger partial charge on any atom is -0.480 e. The zero-order valence-electron chi connectivity index (χ0n) is 8.48. The topological polar surface area (TPSA) is 96.4 Å². The minimum atomic E-state index is -1.06. The molecule has 6 heteroatoms. The van der Waals surface area contributed by atoms with E-state index in [1.807, 2.05) is 18.2 Å². The maximum Gasteiger partial charge on any atom is 0.326 e. The number of fused-ring (bicyclic) bond motifs is 1. The highest BCUT2D eigenvalue weighted by atomic mass is 16.4. The van der Waals surface area contributed by atoms with Crippen molar-refractivity contribution in [1.82, 2.24) is 14.4 Å². The fourth-order valence-corrected chi connectivity index (χ4v) is 1.71. The van der Waals surface area contributed by atoms with E-state index in [0.29, 0.717) is 11.5 Å². The number of nitrogens with one attached hydrogen (secondary N) is 1. The van der Waals surface area contributed by atoms with Gasteiger partial charge in [0.05, 0.1) is 11.9 Å². The molecule has 1 atom stereocenters. The first-order valence-corrected chi connectivity index (χ1v) is 4.53. The second-order valence-corrected chi connectivity index (χ2v) is 3.50. The number of hydrogen-bond donors (Lipinski definition) is 3. The van der Waals surface area contributed by atoms with Crippen LogP contribution in [0.15, 0.2) is 6.20 Å². The Labute approximate surface area is 85.7 Å². The molecule has 2 aromatic rings. The standard InChI is InChI=1S/C9H12N4O2/c1-4-3-11-9-12-7(5(2)13(4)9)6(10)8(14)15/h3,6H,10H2,1-2H3,(H,11,12)(H,14,15). The molecule has 0 amide bonds. The molecule has 0 spiro atoms. The summed E-state index contributed by atoms with van der Waals surface area (Å²) >= 11 is 0. The van der Waals surface area contributed by atoms with Gasteiger partial charge >= 0.3 is 5.97 Å². The van der Waals surface area contributed by atoms with Crippen molar-refractivity contribution in [2.24, 2.45) is 5.73 Å². The van der Waals surface area contributed by atoms with E-state index in [9.17, 15) is 4.79 Å². The number of nitrogens with two attached hydrogens (primary N) is 1. The van der Waals surface area contributed by atoms with Gasteiger partial charge in [-0.25, -0.2) is 4.98 Å². The van der Waals surface area contributed by atoms with Crippen molar-refractivity contribution >= 4 is 11.7 Å². The van der Waals surface area contributed by atoms with E-state index in [4.69, 9.17) is 10.8 Å². The van der Waals surface area contributed by atoms with Crippen molar-refractivity contribution in [2.45, 2.75) is 19.9 Å². The third kappa shape index (κ3) is 1.30. The van der Waals surface area contributed by atoms with E-state index in [-0.39, 0.29) is 0 Å². The van der Waals surface area contributed by atoms with Gasteiger partial charge in [0.25, 0.3) is 0 Å². The number of imidazole rings is 2. The normalized spacial score (nSPS) is 13.3. The maximum absolute atomic E-state index is 10.8. The van der Waals surface area contributed by atoms with Gasteiger partial charge in [-0.1, -0.05) is 0 Å². The number of carboxylic acid groups (broad SMARTS) is 1. The zero-order valence-corrected chi connectivity index (χ0v) is 8.48. The van der Waals surface area contributed by atoms with Crippen LogP contribution in [0.4, 0.5) is 0 Å². The summed E-state index contributed by atoms with van der Waals surface area (Å²) in [5, 5.41) is 8.82. The average Bonchev–Trinajstić information content (AvgIpc) is 2.68. The van der Waals surface area contributed by atoms with Gasteiger partial charge in [0, 0.05) is 11.4 Å². The first-order valence-electron chi connectivity index (χ1n) is 4.53. The Bertz CT molecular complexity index is 525. The quantitative estimate of drug-likeness (QED) is 0.664. The molecule has 6 nitrogen and oxygen atoms in total. The smallest absolute Gasteiger partial charge is 0.326 e. The molecule has 0 aliphatic heterocycles. The Balaban J connectivity index is 2.63. The zero-order chi connectivity index (χ0) is 11.2. The molecule has 0 bridgehead atoms. The largest absolute Gasteiger partial charge is 0.480 e. The van der Waals surface area contributed by atoms with Crippen molar-refractivity contribution in [1.29, 1.82) is 0 Å². The molecule has 1 unspecified atom stereocenters. The molecule has 0 fully saturated rings. The molecule has 0 saturated carbocycles. The lowest BCUT2D eigenvalue weighted by molar-refractivity contribution is -0.138. The van der Waals surface area contributed by atoms with E-state index in [1.54, 1.807) is 6.20 Å². The second-order valence-electron chi connectivity index (χ2n) is 3.50. The summed E-state index contributed by atoms with van der Waals surface area (Å²) in [6.07, 6.45) is 1.72. The number of carbonyl (C=O) groups is 1. The van der Waals surface area contributed by atoms with E-state index in [2.05, 4.69) is 9.97 Å². The van der Waals surface area contributed by atoms with Crippen LogP contribution >= 0.6 is 0 Å². The predicted molar refractivity (Wildman–Crippen MR) is 53.6 cm³/mol. The predicted octanol–water partition coefficient (Wildman–Crippen LogP) is 0.364. The number of aromatic amines is 1. The van der Waals surface area contributed by atoms with Gasteiger partial charge < -0.3 is 15.8 Å². The molecule has 80 valence electrons. The molecule has 0 radical (unpaired) electrons. The molecule has 4 N–H and O–H groups in total. The van der Waals surface area contributed by atoms with Gasteiger partial charge in [-0.2, -0.15) is 0 Å². The van der Waals surface area contributed by atoms with Crippen LogP contribution in [0, 0.1) is 13.8 Å². The first kappa shape index (κ1) is 9.72. The monoisotopic (exact) mass is 208 g/mol. The number of hydrogen-bond acceptors (Lipinski definition) is 3. The van der Waals surface area contributed by atoms with Gasteiger partial charge in [0.2, 0.25) is 5.78 Å². The molecular weight excluding hydrogens is 196 g/mol. The van der Waals surface area contributed by atoms with E-state index >= 15 is 0 Å². The summed E-state index contributed by atoms with van der Waals surface area (Å²) in [6, 6.07) is -1.04. The van der Waals surface area contributed by atoms with Crippen molar-refractivity contribution < 1.29 is 9.90 Å². The van der Waals surface area contributed by atoms with Gasteiger partial charge in [0.1, 0.15) is 6.04 Å². The number of carboxylic acids is 1. The Morgan fingerprint density at radius 1 is 1.67 bits per heavy atom. The summed E-state index contributed by atoms with van der Waals surface area (Å²) in [4.78, 5) is 17.8. The van der Waals surface area contributed by atoms with Gasteiger partial charge in [-0.05, 0) is 13.8 Å². The van der Waals surface area contributed by atoms with E-state index in [1.165, 1.54) is 0 Å². The Morgan fingerprint density at radius 3 is 2.87 bits per heavy atom. The van der Waals surface area contributed by atoms with Gasteiger partial charge in [0.15, 0.2) is 0 Å². The van der Waals surface area contributed by atoms with Crippen molar-refractivity contribution in [3.63, 3.8) is 0 Å². The number of aromatic nitrogens is 3. The summed E-state index contributed by atoms with van der Waals surface area (Å²) in [5.41, 5.74) is 7.77. The highest BCUT2D eigenvalue weighted by Crippen LogP contribution is 2.18. The van der Waals surface area contributed by atoms with E-state index in [0.717, 1.165) is 11.4 Å². The summed E-state index contributed by atoms with van der Waals surface area (Å²) < 4.78 is 1.85. The average molecular weight is 208 g/mol. The van der Waals surface area contributed by atoms with Crippen molar-refractivity contribution in [3.8, 4) is 0 Å². The molecule has 2 heterocycles. The second kappa shape index (κ2) is 3.09. The van der Waals surface area contributed by atoms with Crippen molar-refractivity contribution in [2.75, 3.05) is 0 Å². The molecule has 2 aromatic heterocycles. The van der Waals surface area contributed by atoms with Crippen LogP contribution in [0.1, 0.15) is 23.1 Å². The third-order valence-electron chi connectivity index (χ3n) is 2.49. The fourth-order valence-electron chi connectivity index (χ4n) is 1.71. The number of rotatable bonds is 2. The fraction of sp³-hybridized carbons (Fsp3) is 0.333. The first-order chi connectivity index (χ1) is 7.02. The van der Waals surface area contributed by atoms with Crippen LogP contribution in [0.3, 0.4) is 0 Å². The Morgan fingerprint density at radius 2 is 2.33 bits per heavy atom. The minimum absolute atomic E-state index is 0.494. The molecule has 2 rings (SSSR count). The number of aryl methyl sites for hydroxylation is 2. The lowest BCUT2D eigenvalue weighted by Gasteiger charge is -2.04. The highest BCUT2D eigenvalue weighted by molar-refractivity contribution is 5.75. The molecular formula is C9H12N4O2. The summed E-state index contributed by atoms with van der Waals surface area (Å²) in [5.74, 6) is -0.433. The lowest BCUT2D eigenvalue weighted by atomic mass is 10.2. The molecule has 15 heavy (non-hydrogen) atoms. The van der Waals surface area contributed by atoms with Crippen LogP contribution in [0.5, 0.6) is 0 Å². The Kier molecular flexibility index (Phi) is 2.01. The number of nitrogens with zero attached hydrogens (tertiary/aromatic N) is 2. The van der Waals surface area contributed by atoms with Gasteiger partial charge in [-0.15, -0.1) is 0 Å². The van der Waals surface area contributed by atoms with E-state index < -0.39 is 12.0 Å². The van der Waals surface area contributed by atoms with Crippen LogP contribution in [-0.4, -0.2) is 25.4 Å². The van der Waals surface area contributed by atoms with Crippen LogP contribution < -0.4 is 5.73 Å². The van der Waals surface area contributed by atoms with Crippen LogP contribution in [0.25, 0.3) is 5.78 Å². The van der Waals surface area contributed by atoms with Crippen LogP contribution in [0.2, 0.25) is 0 Å². The highest BCUT2D eigenvalue weighted by Gasteiger charge is 2.21. The molecule has 0 aliphatic carbocycles. The Hall–Kier alpha value is -1.82. The number of aliphatic carboxylic acids is 1. The summed E-state index contributed by atoms with van der Waals surface area (Å²) in [7, 11) is 0. The van der Waals surface area contributed by atoms with Gasteiger partial charge in [-0.3, -0.25) is 9.20 Å². The lowest BCUT2D eigenvalue weighted by Crippen LogP contribution is -2.22. The maximum atomic E-state index is 10.8. The van der Waals surface area contributed by atoms with Crippen molar-refractivity contribution in [3.05, 3.63) is 23.3 Å². The number of H-pyrrole nitrogens is 1. The van der Waals surface area contributed by atoms with Crippen LogP contribution in [-0.2, 0) is 4.79 Å². The third-order valence-corrected chi connectivity index (χ3v) is 2.49. The molecule has 0 aliphatic rings. The molecule has 0 saturated heterocycles.